The second-order valence-electron chi connectivity index (χ2n) is 9.46. The van der Waals surface area contributed by atoms with Crippen molar-refractivity contribution in [2.45, 2.75) is 58.4 Å². The van der Waals surface area contributed by atoms with Crippen LogP contribution in [0, 0.1) is 0 Å². The molecule has 0 radical (unpaired) electrons. The smallest absolute Gasteiger partial charge is 0.337 e. The number of aromatic hydroxyl groups is 1. The minimum atomic E-state index is -2.03. The molecule has 5 atom stereocenters. The van der Waals surface area contributed by atoms with Gasteiger partial charge in [-0.15, -0.1) is 0 Å². The Kier molecular flexibility index (Phi) is 9.18. The molecule has 2 N–H and O–H groups in total. The Morgan fingerprint density at radius 2 is 1.39 bits per heavy atom. The van der Waals surface area contributed by atoms with E-state index in [1.165, 1.54) is 0 Å². The van der Waals surface area contributed by atoms with Gasteiger partial charge in [-0.2, -0.15) is 0 Å². The molecule has 3 aromatic rings. The van der Waals surface area contributed by atoms with Gasteiger partial charge in [-0.25, -0.2) is 4.79 Å². The van der Waals surface area contributed by atoms with Crippen LogP contribution in [-0.4, -0.2) is 70.8 Å². The van der Waals surface area contributed by atoms with E-state index in [0.717, 1.165) is 39.8 Å². The highest BCUT2D eigenvalue weighted by atomic mass is 16.7. The fourth-order valence-electron chi connectivity index (χ4n) is 4.53. The zero-order valence-electron chi connectivity index (χ0n) is 23.6. The van der Waals surface area contributed by atoms with E-state index in [-0.39, 0.29) is 16.7 Å². The molecular formula is C29H26O15. The number of benzene rings is 2. The van der Waals surface area contributed by atoms with Crippen LogP contribution in [0.5, 0.6) is 17.2 Å². The van der Waals surface area contributed by atoms with Crippen molar-refractivity contribution in [1.82, 2.24) is 0 Å². The summed E-state index contributed by atoms with van der Waals surface area (Å²) >= 11 is 0. The topological polar surface area (TPSA) is 211 Å². The molecule has 0 amide bonds. The molecule has 4 rings (SSSR count). The third-order valence-corrected chi connectivity index (χ3v) is 6.10. The van der Waals surface area contributed by atoms with Crippen LogP contribution in [0.15, 0.2) is 51.7 Å². The van der Waals surface area contributed by atoms with E-state index in [1.807, 2.05) is 0 Å². The van der Waals surface area contributed by atoms with E-state index in [4.69, 9.17) is 32.8 Å². The van der Waals surface area contributed by atoms with Gasteiger partial charge in [0.2, 0.25) is 18.1 Å². The standard InChI is InChI=1S/C29H26O15/c1-12(30)38-23-20(11-19-21(22(23)35)17(34)10-18(42-19)16-8-6-5-7-9-16)43-29-27(41-15(4)33)25(40-14(3)32)24(39-13(2)31)26(44-29)28(36)37/h5-11,24-27,29,35H,1-4H3,(H,36,37)/t24-,25-,26-,27+,29-/m1/s1. The van der Waals surface area contributed by atoms with Gasteiger partial charge in [0, 0.05) is 45.4 Å². The summed E-state index contributed by atoms with van der Waals surface area (Å²) in [5.41, 5.74) is -0.448. The zero-order chi connectivity index (χ0) is 32.3. The van der Waals surface area contributed by atoms with Gasteiger partial charge < -0.3 is 43.1 Å². The summed E-state index contributed by atoms with van der Waals surface area (Å²) in [7, 11) is 0. The molecule has 15 nitrogen and oxygen atoms in total. The number of phenolic OH excluding ortho intramolecular Hbond substituents is 1. The predicted molar refractivity (Wildman–Crippen MR) is 144 cm³/mol. The van der Waals surface area contributed by atoms with Crippen molar-refractivity contribution < 1.29 is 67.0 Å². The SMILES string of the molecule is CC(=O)Oc1c(O[C@@H]2O[C@@H](C(=O)O)[C@H](OC(C)=O)[C@@H](OC(C)=O)[C@@H]2OC(C)=O)cc2oc(-c3ccccc3)cc(=O)c2c1O. The van der Waals surface area contributed by atoms with E-state index in [1.54, 1.807) is 30.3 Å². The first kappa shape index (κ1) is 31.5. The van der Waals surface area contributed by atoms with E-state index in [0.29, 0.717) is 5.56 Å². The number of ether oxygens (including phenoxy) is 6. The Balaban J connectivity index is 1.90. The summed E-state index contributed by atoms with van der Waals surface area (Å²) in [5, 5.41) is 20.5. The van der Waals surface area contributed by atoms with Crippen LogP contribution in [0.2, 0.25) is 0 Å². The number of carbonyl (C=O) groups excluding carboxylic acids is 4. The minimum absolute atomic E-state index is 0.102. The normalized spacial score (nSPS) is 21.1. The van der Waals surface area contributed by atoms with Crippen molar-refractivity contribution in [3.05, 3.63) is 52.7 Å². The quantitative estimate of drug-likeness (QED) is 0.211. The lowest BCUT2D eigenvalue weighted by molar-refractivity contribution is -0.282. The van der Waals surface area contributed by atoms with Crippen molar-refractivity contribution in [3.8, 4) is 28.6 Å². The number of phenols is 1. The highest BCUT2D eigenvalue weighted by molar-refractivity contribution is 5.91. The number of aliphatic carboxylic acids is 1. The van der Waals surface area contributed by atoms with E-state index in [2.05, 4.69) is 0 Å². The van der Waals surface area contributed by atoms with Crippen LogP contribution in [0.1, 0.15) is 27.7 Å². The van der Waals surface area contributed by atoms with Gasteiger partial charge in [0.25, 0.3) is 0 Å². The number of fused-ring (bicyclic) bond motifs is 1. The van der Waals surface area contributed by atoms with Gasteiger partial charge >= 0.3 is 29.8 Å². The largest absolute Gasteiger partial charge is 0.504 e. The third kappa shape index (κ3) is 6.78. The lowest BCUT2D eigenvalue weighted by atomic mass is 9.97. The fourth-order valence-corrected chi connectivity index (χ4v) is 4.53. The van der Waals surface area contributed by atoms with Crippen molar-refractivity contribution in [1.29, 1.82) is 0 Å². The maximum Gasteiger partial charge on any atom is 0.337 e. The van der Waals surface area contributed by atoms with Crippen molar-refractivity contribution in [2.24, 2.45) is 0 Å². The first-order valence-corrected chi connectivity index (χ1v) is 12.9. The lowest BCUT2D eigenvalue weighted by Crippen LogP contribution is -2.64. The molecule has 1 aliphatic rings. The van der Waals surface area contributed by atoms with Crippen molar-refractivity contribution in [3.63, 3.8) is 0 Å². The summed E-state index contributed by atoms with van der Waals surface area (Å²) in [6, 6.07) is 10.6. The molecule has 232 valence electrons. The van der Waals surface area contributed by atoms with Crippen LogP contribution in [0.25, 0.3) is 22.3 Å². The van der Waals surface area contributed by atoms with Crippen LogP contribution in [-0.2, 0) is 42.9 Å². The molecule has 15 heteroatoms. The van der Waals surface area contributed by atoms with Crippen LogP contribution < -0.4 is 14.9 Å². The van der Waals surface area contributed by atoms with Gasteiger partial charge in [-0.3, -0.25) is 24.0 Å². The Morgan fingerprint density at radius 3 is 1.95 bits per heavy atom. The summed E-state index contributed by atoms with van der Waals surface area (Å²) in [5.74, 6) is -7.51. The molecule has 1 aliphatic heterocycles. The molecule has 2 heterocycles. The Hall–Kier alpha value is -5.44. The minimum Gasteiger partial charge on any atom is -0.504 e. The van der Waals surface area contributed by atoms with E-state index < -0.39 is 83.2 Å². The number of carboxylic acid groups (broad SMARTS) is 1. The predicted octanol–water partition coefficient (Wildman–Crippen LogP) is 2.07. The average molecular weight is 615 g/mol. The number of carboxylic acids is 1. The second kappa shape index (κ2) is 12.8. The van der Waals surface area contributed by atoms with Crippen molar-refractivity contribution >= 4 is 40.8 Å². The van der Waals surface area contributed by atoms with E-state index in [9.17, 15) is 39.0 Å². The number of rotatable bonds is 8. The molecular weight excluding hydrogens is 588 g/mol. The average Bonchev–Trinajstić information content (AvgIpc) is 2.92. The molecule has 0 bridgehead atoms. The summed E-state index contributed by atoms with van der Waals surface area (Å²) < 4.78 is 37.9. The van der Waals surface area contributed by atoms with Gasteiger partial charge in [0.15, 0.2) is 35.2 Å². The molecule has 0 spiro atoms. The van der Waals surface area contributed by atoms with Crippen LogP contribution >= 0.6 is 0 Å². The second-order valence-corrected chi connectivity index (χ2v) is 9.46. The Bertz CT molecular complexity index is 1680. The maximum atomic E-state index is 13.1. The van der Waals surface area contributed by atoms with Crippen molar-refractivity contribution in [2.75, 3.05) is 0 Å². The van der Waals surface area contributed by atoms with Gasteiger partial charge in [-0.05, 0) is 0 Å². The fraction of sp³-hybridized carbons (Fsp3) is 0.310. The van der Waals surface area contributed by atoms with Gasteiger partial charge in [-0.1, -0.05) is 30.3 Å². The number of hydrogen-bond acceptors (Lipinski definition) is 14. The number of hydrogen-bond donors (Lipinski definition) is 2. The van der Waals surface area contributed by atoms with Crippen LogP contribution in [0.4, 0.5) is 0 Å². The molecule has 44 heavy (non-hydrogen) atoms. The lowest BCUT2D eigenvalue weighted by Gasteiger charge is -2.42. The monoisotopic (exact) mass is 614 g/mol. The highest BCUT2D eigenvalue weighted by Gasteiger charge is 2.55. The molecule has 1 aromatic heterocycles. The molecule has 0 unspecified atom stereocenters. The Morgan fingerprint density at radius 1 is 0.795 bits per heavy atom. The third-order valence-electron chi connectivity index (χ3n) is 6.10. The summed E-state index contributed by atoms with van der Waals surface area (Å²) in [4.78, 5) is 73.1. The van der Waals surface area contributed by atoms with Crippen LogP contribution in [0.3, 0.4) is 0 Å². The first-order valence-electron chi connectivity index (χ1n) is 12.9. The molecule has 2 aromatic carbocycles. The molecule has 1 saturated heterocycles. The maximum absolute atomic E-state index is 13.1. The summed E-state index contributed by atoms with van der Waals surface area (Å²) in [6.07, 6.45) is -9.33. The number of esters is 4. The zero-order valence-corrected chi connectivity index (χ0v) is 23.6. The first-order chi connectivity index (χ1) is 20.8. The number of carbonyl (C=O) groups is 5. The molecule has 0 aliphatic carbocycles. The molecule has 1 fully saturated rings. The Labute approximate surface area is 247 Å². The summed E-state index contributed by atoms with van der Waals surface area (Å²) in [6.45, 7) is 3.92. The molecule has 0 saturated carbocycles. The van der Waals surface area contributed by atoms with Gasteiger partial charge in [0.05, 0.1) is 0 Å². The van der Waals surface area contributed by atoms with Gasteiger partial charge in [0.1, 0.15) is 16.7 Å². The highest BCUT2D eigenvalue weighted by Crippen LogP contribution is 2.44. The van der Waals surface area contributed by atoms with E-state index >= 15 is 0 Å².